The number of hydrogen-bond donors (Lipinski definition) is 2. The summed E-state index contributed by atoms with van der Waals surface area (Å²) < 4.78 is 5.88. The lowest BCUT2D eigenvalue weighted by atomic mass is 9.84. The van der Waals surface area contributed by atoms with Gasteiger partial charge in [-0.3, -0.25) is 14.7 Å². The van der Waals surface area contributed by atoms with Crippen LogP contribution in [0.4, 0.5) is 5.69 Å². The van der Waals surface area contributed by atoms with Gasteiger partial charge in [-0.15, -0.1) is 17.0 Å². The van der Waals surface area contributed by atoms with Crippen LogP contribution in [0.25, 0.3) is 0 Å². The van der Waals surface area contributed by atoms with Crippen LogP contribution in [0.15, 0.2) is 36.4 Å². The minimum Gasteiger partial charge on any atom is -0.503 e. The Bertz CT molecular complexity index is 1230. The van der Waals surface area contributed by atoms with Crippen LogP contribution in [0.5, 0.6) is 5.75 Å². The number of phenols is 1. The summed E-state index contributed by atoms with van der Waals surface area (Å²) in [5.74, 6) is 0.272. The Morgan fingerprint density at radius 2 is 1.61 bits per heavy atom. The number of esters is 1. The standard InChI is InChI=1S/C33H47N3O4.BrH/c1-11-12-23-19-35(30(34)28(23)21-13-15-22(16-14-21)31(39)40-33(5,6)7)20-27(37)24-17-25(32(2,3)4)29(38)26(18-24)36(8,9)10;/h13-18,23,28,34H,11-12,19-20H2,1-10H3;1H/p+1/t23-,28+;/m0./s1. The number of ether oxygens (including phenoxy) is 1. The first-order valence-corrected chi connectivity index (χ1v) is 14.2. The number of nitrogens with one attached hydrogen (secondary N) is 1. The van der Waals surface area contributed by atoms with E-state index in [2.05, 4.69) is 6.92 Å². The van der Waals surface area contributed by atoms with Crippen LogP contribution >= 0.6 is 17.0 Å². The highest BCUT2D eigenvalue weighted by Gasteiger charge is 2.39. The average Bonchev–Trinajstić information content (AvgIpc) is 3.11. The second kappa shape index (κ2) is 12.7. The van der Waals surface area contributed by atoms with E-state index < -0.39 is 5.60 Å². The van der Waals surface area contributed by atoms with Crippen LogP contribution in [-0.4, -0.2) is 67.4 Å². The number of aromatic hydroxyl groups is 1. The van der Waals surface area contributed by atoms with Crippen molar-refractivity contribution < 1.29 is 19.4 Å². The van der Waals surface area contributed by atoms with E-state index in [4.69, 9.17) is 10.1 Å². The molecular weight excluding hydrogens is 582 g/mol. The molecule has 0 unspecified atom stereocenters. The molecule has 0 spiro atoms. The van der Waals surface area contributed by atoms with Gasteiger partial charge in [-0.2, -0.15) is 0 Å². The fourth-order valence-corrected chi connectivity index (χ4v) is 5.41. The van der Waals surface area contributed by atoms with Crippen LogP contribution in [0.3, 0.4) is 0 Å². The van der Waals surface area contributed by atoms with E-state index >= 15 is 0 Å². The summed E-state index contributed by atoms with van der Waals surface area (Å²) in [4.78, 5) is 28.1. The molecule has 0 radical (unpaired) electrons. The number of ketones is 1. The molecule has 0 saturated carbocycles. The number of likely N-dealkylation sites (tertiary alicyclic amines) is 1. The lowest BCUT2D eigenvalue weighted by molar-refractivity contribution is 0.00693. The molecule has 3 rings (SSSR count). The lowest BCUT2D eigenvalue weighted by Gasteiger charge is -2.29. The number of carbonyl (C=O) groups is 2. The van der Waals surface area contributed by atoms with Crippen molar-refractivity contribution in [3.63, 3.8) is 0 Å². The first-order valence-electron chi connectivity index (χ1n) is 14.2. The molecular formula is C33H49BrN3O4+. The van der Waals surface area contributed by atoms with Crippen LogP contribution in [-0.2, 0) is 10.2 Å². The maximum Gasteiger partial charge on any atom is 0.338 e. The minimum absolute atomic E-state index is 0. The number of amidine groups is 1. The second-order valence-electron chi connectivity index (χ2n) is 14.0. The molecule has 0 aliphatic carbocycles. The fourth-order valence-electron chi connectivity index (χ4n) is 5.41. The van der Waals surface area contributed by atoms with Gasteiger partial charge < -0.3 is 14.7 Å². The van der Waals surface area contributed by atoms with Gasteiger partial charge in [0.05, 0.1) is 33.3 Å². The van der Waals surface area contributed by atoms with Crippen LogP contribution < -0.4 is 4.48 Å². The number of Topliss-reactive ketones (excluding diaryl/α,β-unsaturated/α-hetero) is 1. The predicted octanol–water partition coefficient (Wildman–Crippen LogP) is 7.10. The van der Waals surface area contributed by atoms with Crippen molar-refractivity contribution in [3.8, 4) is 5.75 Å². The third-order valence-corrected chi connectivity index (χ3v) is 7.40. The van der Waals surface area contributed by atoms with E-state index in [-0.39, 0.29) is 58.3 Å². The van der Waals surface area contributed by atoms with E-state index in [1.54, 1.807) is 18.2 Å². The summed E-state index contributed by atoms with van der Waals surface area (Å²) in [5.41, 5.74) is 2.53. The molecule has 8 heteroatoms. The summed E-state index contributed by atoms with van der Waals surface area (Å²) in [5, 5.41) is 20.1. The van der Waals surface area contributed by atoms with Crippen molar-refractivity contribution in [3.05, 3.63) is 58.7 Å². The van der Waals surface area contributed by atoms with Crippen molar-refractivity contribution >= 4 is 40.3 Å². The fraction of sp³-hybridized carbons (Fsp3) is 0.545. The van der Waals surface area contributed by atoms with Crippen LogP contribution in [0.2, 0.25) is 0 Å². The van der Waals surface area contributed by atoms with E-state index in [1.807, 2.05) is 85.8 Å². The molecule has 1 aliphatic heterocycles. The van der Waals surface area contributed by atoms with Crippen molar-refractivity contribution in [1.29, 1.82) is 5.41 Å². The number of halogens is 1. The molecule has 7 nitrogen and oxygen atoms in total. The van der Waals surface area contributed by atoms with Gasteiger partial charge in [-0.1, -0.05) is 46.2 Å². The summed E-state index contributed by atoms with van der Waals surface area (Å²) in [7, 11) is 5.92. The topological polar surface area (TPSA) is 90.7 Å². The molecule has 2 atom stereocenters. The van der Waals surface area contributed by atoms with Gasteiger partial charge >= 0.3 is 5.97 Å². The zero-order valence-corrected chi connectivity index (χ0v) is 28.1. The third-order valence-electron chi connectivity index (χ3n) is 7.40. The van der Waals surface area contributed by atoms with E-state index in [0.29, 0.717) is 33.7 Å². The van der Waals surface area contributed by atoms with E-state index in [0.717, 1.165) is 24.0 Å². The highest BCUT2D eigenvalue weighted by Crippen LogP contribution is 2.41. The van der Waals surface area contributed by atoms with Crippen molar-refractivity contribution in [2.75, 3.05) is 34.2 Å². The zero-order chi connectivity index (χ0) is 30.2. The smallest absolute Gasteiger partial charge is 0.338 e. The van der Waals surface area contributed by atoms with Crippen LogP contribution in [0.1, 0.15) is 99.1 Å². The van der Waals surface area contributed by atoms with Gasteiger partial charge in [-0.05, 0) is 62.3 Å². The maximum absolute atomic E-state index is 13.7. The predicted molar refractivity (Wildman–Crippen MR) is 173 cm³/mol. The Morgan fingerprint density at radius 3 is 2.10 bits per heavy atom. The SMILES string of the molecule is Br.CCC[C@H]1CN(CC(=O)c2cc(C(C)(C)C)c(O)c([N+](C)(C)C)c2)C(=N)[C@@H]1c1ccc(C(=O)OC(C)(C)C)cc1. The van der Waals surface area contributed by atoms with Crippen LogP contribution in [0, 0.1) is 11.3 Å². The molecule has 41 heavy (non-hydrogen) atoms. The minimum atomic E-state index is -0.569. The number of benzene rings is 2. The van der Waals surface area contributed by atoms with Gasteiger partial charge in [0.2, 0.25) is 0 Å². The number of quaternary nitrogens is 1. The molecule has 1 aliphatic rings. The molecule has 226 valence electrons. The summed E-state index contributed by atoms with van der Waals surface area (Å²) in [6.45, 7) is 14.5. The van der Waals surface area contributed by atoms with Gasteiger partial charge in [0.1, 0.15) is 11.4 Å². The van der Waals surface area contributed by atoms with Gasteiger partial charge in [0.25, 0.3) is 0 Å². The normalized spacial score (nSPS) is 17.8. The highest BCUT2D eigenvalue weighted by molar-refractivity contribution is 8.93. The van der Waals surface area contributed by atoms with Crippen molar-refractivity contribution in [2.24, 2.45) is 5.92 Å². The molecule has 0 bridgehead atoms. The Kier molecular flexibility index (Phi) is 10.6. The van der Waals surface area contributed by atoms with Gasteiger partial charge in [-0.25, -0.2) is 4.79 Å². The van der Waals surface area contributed by atoms with Crippen molar-refractivity contribution in [2.45, 2.75) is 78.2 Å². The van der Waals surface area contributed by atoms with Gasteiger partial charge in [0, 0.05) is 29.7 Å². The second-order valence-corrected chi connectivity index (χ2v) is 14.0. The maximum atomic E-state index is 13.7. The van der Waals surface area contributed by atoms with Gasteiger partial charge in [0.15, 0.2) is 17.2 Å². The first kappa shape index (κ1) is 34.5. The molecule has 1 heterocycles. The molecule has 1 saturated heterocycles. The Morgan fingerprint density at radius 1 is 1.02 bits per heavy atom. The number of hydrogen-bond acceptors (Lipinski definition) is 5. The molecule has 2 aromatic carbocycles. The largest absolute Gasteiger partial charge is 0.503 e. The Hall–Kier alpha value is -2.71. The molecule has 2 N–H and O–H groups in total. The number of carbonyl (C=O) groups excluding carboxylic acids is 2. The average molecular weight is 632 g/mol. The highest BCUT2D eigenvalue weighted by atomic mass is 79.9. The summed E-state index contributed by atoms with van der Waals surface area (Å²) in [6.07, 6.45) is 1.91. The molecule has 1 fully saturated rings. The summed E-state index contributed by atoms with van der Waals surface area (Å²) in [6, 6.07) is 11.0. The first-order chi connectivity index (χ1) is 18.3. The molecule has 0 amide bonds. The number of phenolic OH excluding ortho intramolecular Hbond substituents is 1. The quantitative estimate of drug-likeness (QED) is 0.184. The Labute approximate surface area is 256 Å². The zero-order valence-electron chi connectivity index (χ0n) is 26.4. The number of rotatable bonds is 8. The lowest BCUT2D eigenvalue weighted by Crippen LogP contribution is -2.36. The van der Waals surface area contributed by atoms with Crippen molar-refractivity contribution in [1.82, 2.24) is 9.38 Å². The molecule has 2 aromatic rings. The third kappa shape index (κ3) is 8.19. The Balaban J connectivity index is 0.00000588. The van der Waals surface area contributed by atoms with E-state index in [1.165, 1.54) is 0 Å². The molecule has 0 aromatic heterocycles. The van der Waals surface area contributed by atoms with E-state index in [9.17, 15) is 14.7 Å². The summed E-state index contributed by atoms with van der Waals surface area (Å²) >= 11 is 0. The number of nitrogens with zero attached hydrogens (tertiary/aromatic N) is 2. The monoisotopic (exact) mass is 630 g/mol.